The number of pyridine rings is 1. The fourth-order valence-corrected chi connectivity index (χ4v) is 3.53. The highest BCUT2D eigenvalue weighted by Gasteiger charge is 2.15. The SMILES string of the molecule is CCCOCCNC(=O)c1ccc2[nH]c(-c3cc(-c4cccnc4OC)ccc3O)nc2c1. The third-order valence-corrected chi connectivity index (χ3v) is 5.15. The molecule has 0 fully saturated rings. The van der Waals surface area contributed by atoms with Crippen molar-refractivity contribution >= 4 is 16.9 Å². The van der Waals surface area contributed by atoms with Crippen LogP contribution >= 0.6 is 0 Å². The molecule has 0 aliphatic rings. The molecule has 0 radical (unpaired) electrons. The van der Waals surface area contributed by atoms with Gasteiger partial charge in [0, 0.05) is 30.5 Å². The molecule has 8 nitrogen and oxygen atoms in total. The summed E-state index contributed by atoms with van der Waals surface area (Å²) in [6.07, 6.45) is 2.61. The zero-order chi connectivity index (χ0) is 23.2. The zero-order valence-electron chi connectivity index (χ0n) is 18.6. The van der Waals surface area contributed by atoms with Crippen molar-refractivity contribution in [1.29, 1.82) is 0 Å². The number of hydrogen-bond acceptors (Lipinski definition) is 6. The van der Waals surface area contributed by atoms with Crippen LogP contribution in [0.2, 0.25) is 0 Å². The Kier molecular flexibility index (Phi) is 6.85. The lowest BCUT2D eigenvalue weighted by molar-refractivity contribution is 0.0915. The molecule has 8 heteroatoms. The average Bonchev–Trinajstić information content (AvgIpc) is 3.27. The Bertz CT molecular complexity index is 1270. The summed E-state index contributed by atoms with van der Waals surface area (Å²) in [7, 11) is 1.57. The number of phenols is 1. The van der Waals surface area contributed by atoms with E-state index in [0.29, 0.717) is 48.1 Å². The number of ether oxygens (including phenoxy) is 2. The van der Waals surface area contributed by atoms with Gasteiger partial charge in [-0.1, -0.05) is 13.0 Å². The zero-order valence-corrected chi connectivity index (χ0v) is 18.6. The lowest BCUT2D eigenvalue weighted by Gasteiger charge is -2.09. The topological polar surface area (TPSA) is 109 Å². The molecule has 2 aromatic heterocycles. The lowest BCUT2D eigenvalue weighted by Crippen LogP contribution is -2.27. The van der Waals surface area contributed by atoms with Gasteiger partial charge >= 0.3 is 0 Å². The molecule has 3 N–H and O–H groups in total. The van der Waals surface area contributed by atoms with Gasteiger partial charge in [0.15, 0.2) is 0 Å². The molecule has 0 saturated carbocycles. The standard InChI is InChI=1S/C25H26N4O4/c1-3-12-33-13-11-26-24(31)17-6-8-20-21(15-17)29-23(28-20)19-14-16(7-9-22(19)30)18-5-4-10-27-25(18)32-2/h4-10,14-15,30H,3,11-13H2,1-2H3,(H,26,31)(H,28,29). The van der Waals surface area contributed by atoms with Crippen LogP contribution in [0.5, 0.6) is 11.6 Å². The molecular weight excluding hydrogens is 420 g/mol. The number of methoxy groups -OCH3 is 1. The smallest absolute Gasteiger partial charge is 0.251 e. The van der Waals surface area contributed by atoms with Crippen LogP contribution < -0.4 is 10.1 Å². The quantitative estimate of drug-likeness (QED) is 0.333. The lowest BCUT2D eigenvalue weighted by atomic mass is 10.0. The number of aromatic amines is 1. The molecule has 4 rings (SSSR count). The van der Waals surface area contributed by atoms with Crippen molar-refractivity contribution in [2.75, 3.05) is 26.9 Å². The molecule has 0 bridgehead atoms. The highest BCUT2D eigenvalue weighted by atomic mass is 16.5. The molecule has 4 aromatic rings. The number of hydrogen-bond donors (Lipinski definition) is 3. The predicted molar refractivity (Wildman–Crippen MR) is 126 cm³/mol. The minimum Gasteiger partial charge on any atom is -0.507 e. The number of nitrogens with one attached hydrogen (secondary N) is 2. The Morgan fingerprint density at radius 3 is 2.82 bits per heavy atom. The third-order valence-electron chi connectivity index (χ3n) is 5.15. The van der Waals surface area contributed by atoms with E-state index in [-0.39, 0.29) is 11.7 Å². The molecule has 0 aliphatic heterocycles. The van der Waals surface area contributed by atoms with Crippen molar-refractivity contribution in [3.63, 3.8) is 0 Å². The normalized spacial score (nSPS) is 11.0. The molecule has 2 heterocycles. The average molecular weight is 447 g/mol. The number of phenolic OH excluding ortho intramolecular Hbond substituents is 1. The summed E-state index contributed by atoms with van der Waals surface area (Å²) in [5, 5.41) is 13.4. The van der Waals surface area contributed by atoms with Gasteiger partial charge < -0.3 is 24.9 Å². The van der Waals surface area contributed by atoms with Crippen LogP contribution in [0.25, 0.3) is 33.5 Å². The highest BCUT2D eigenvalue weighted by molar-refractivity contribution is 5.97. The van der Waals surface area contributed by atoms with E-state index < -0.39 is 0 Å². The van der Waals surface area contributed by atoms with Crippen LogP contribution in [0.4, 0.5) is 0 Å². The Labute approximate surface area is 191 Å². The van der Waals surface area contributed by atoms with Crippen LogP contribution in [0.15, 0.2) is 54.7 Å². The van der Waals surface area contributed by atoms with E-state index in [4.69, 9.17) is 9.47 Å². The first-order valence-corrected chi connectivity index (χ1v) is 10.8. The van der Waals surface area contributed by atoms with E-state index in [9.17, 15) is 9.90 Å². The molecule has 0 unspecified atom stereocenters. The molecule has 0 saturated heterocycles. The van der Waals surface area contributed by atoms with Gasteiger partial charge in [0.05, 0.1) is 30.3 Å². The number of aromatic hydroxyl groups is 1. The molecular formula is C25H26N4O4. The molecule has 33 heavy (non-hydrogen) atoms. The number of rotatable bonds is 9. The summed E-state index contributed by atoms with van der Waals surface area (Å²) in [6, 6.07) is 14.2. The fraction of sp³-hybridized carbons (Fsp3) is 0.240. The van der Waals surface area contributed by atoms with Gasteiger partial charge in [0.1, 0.15) is 11.6 Å². The van der Waals surface area contributed by atoms with E-state index in [1.54, 1.807) is 43.6 Å². The number of imidazole rings is 1. The summed E-state index contributed by atoms with van der Waals surface area (Å²) in [5.74, 6) is 0.896. The van der Waals surface area contributed by atoms with E-state index in [2.05, 4.69) is 20.3 Å². The molecule has 1 amide bonds. The Morgan fingerprint density at radius 1 is 1.12 bits per heavy atom. The molecule has 0 spiro atoms. The van der Waals surface area contributed by atoms with Gasteiger partial charge in [-0.3, -0.25) is 4.79 Å². The van der Waals surface area contributed by atoms with Gasteiger partial charge in [-0.2, -0.15) is 0 Å². The first kappa shape index (κ1) is 22.3. The largest absolute Gasteiger partial charge is 0.507 e. The Balaban J connectivity index is 1.59. The maximum atomic E-state index is 12.5. The summed E-state index contributed by atoms with van der Waals surface area (Å²) in [6.45, 7) is 3.64. The van der Waals surface area contributed by atoms with Crippen molar-refractivity contribution in [2.24, 2.45) is 0 Å². The van der Waals surface area contributed by atoms with Gasteiger partial charge in [-0.15, -0.1) is 0 Å². The minimum absolute atomic E-state index is 0.0886. The predicted octanol–water partition coefficient (Wildman–Crippen LogP) is 4.16. The molecule has 170 valence electrons. The first-order valence-electron chi connectivity index (χ1n) is 10.8. The highest BCUT2D eigenvalue weighted by Crippen LogP contribution is 2.35. The number of amides is 1. The van der Waals surface area contributed by atoms with Crippen LogP contribution in [-0.4, -0.2) is 52.8 Å². The van der Waals surface area contributed by atoms with Crippen molar-refractivity contribution < 1.29 is 19.4 Å². The number of aromatic nitrogens is 3. The minimum atomic E-state index is -0.185. The van der Waals surface area contributed by atoms with E-state index in [1.165, 1.54) is 0 Å². The second kappa shape index (κ2) is 10.1. The van der Waals surface area contributed by atoms with Crippen molar-refractivity contribution in [1.82, 2.24) is 20.3 Å². The summed E-state index contributed by atoms with van der Waals surface area (Å²) in [5.41, 5.74) is 4.07. The van der Waals surface area contributed by atoms with Gasteiger partial charge in [-0.25, -0.2) is 9.97 Å². The Hall–Kier alpha value is -3.91. The monoisotopic (exact) mass is 446 g/mol. The van der Waals surface area contributed by atoms with Gasteiger partial charge in [0.2, 0.25) is 5.88 Å². The summed E-state index contributed by atoms with van der Waals surface area (Å²) < 4.78 is 10.8. The van der Waals surface area contributed by atoms with Crippen molar-refractivity contribution in [2.45, 2.75) is 13.3 Å². The van der Waals surface area contributed by atoms with Gasteiger partial charge in [0.25, 0.3) is 5.91 Å². The number of nitrogens with zero attached hydrogens (tertiary/aromatic N) is 2. The Morgan fingerprint density at radius 2 is 2.00 bits per heavy atom. The number of fused-ring (bicyclic) bond motifs is 1. The van der Waals surface area contributed by atoms with Crippen molar-refractivity contribution in [3.05, 3.63) is 60.3 Å². The van der Waals surface area contributed by atoms with Crippen LogP contribution in [-0.2, 0) is 4.74 Å². The second-order valence-corrected chi connectivity index (χ2v) is 7.48. The van der Waals surface area contributed by atoms with E-state index >= 15 is 0 Å². The number of carbonyl (C=O) groups excluding carboxylic acids is 1. The molecule has 2 aromatic carbocycles. The van der Waals surface area contributed by atoms with Crippen molar-refractivity contribution in [3.8, 4) is 34.1 Å². The second-order valence-electron chi connectivity index (χ2n) is 7.48. The maximum absolute atomic E-state index is 12.5. The van der Waals surface area contributed by atoms with E-state index in [1.807, 2.05) is 25.1 Å². The first-order chi connectivity index (χ1) is 16.1. The third kappa shape index (κ3) is 4.96. The van der Waals surface area contributed by atoms with Gasteiger partial charge in [-0.05, 0) is 54.4 Å². The molecule has 0 atom stereocenters. The number of H-pyrrole nitrogens is 1. The maximum Gasteiger partial charge on any atom is 0.251 e. The van der Waals surface area contributed by atoms with Crippen LogP contribution in [0, 0.1) is 0 Å². The van der Waals surface area contributed by atoms with Crippen LogP contribution in [0.3, 0.4) is 0 Å². The molecule has 0 aliphatic carbocycles. The fourth-order valence-electron chi connectivity index (χ4n) is 3.53. The summed E-state index contributed by atoms with van der Waals surface area (Å²) in [4.78, 5) is 24.5. The summed E-state index contributed by atoms with van der Waals surface area (Å²) >= 11 is 0. The number of carbonyl (C=O) groups is 1. The van der Waals surface area contributed by atoms with Crippen LogP contribution in [0.1, 0.15) is 23.7 Å². The van der Waals surface area contributed by atoms with E-state index in [0.717, 1.165) is 23.1 Å². The number of benzene rings is 2.